The summed E-state index contributed by atoms with van der Waals surface area (Å²) in [4.78, 5) is 14.2. The van der Waals surface area contributed by atoms with E-state index in [1.807, 2.05) is 0 Å². The smallest absolute Gasteiger partial charge is 0.224 e. The predicted octanol–water partition coefficient (Wildman–Crippen LogP) is 1.34. The Morgan fingerprint density at radius 1 is 1.50 bits per heavy atom. The molecule has 1 saturated heterocycles. The number of rotatable bonds is 2. The lowest BCUT2D eigenvalue weighted by atomic mass is 9.88. The van der Waals surface area contributed by atoms with Gasteiger partial charge >= 0.3 is 0 Å². The molecule has 1 aromatic carbocycles. The lowest BCUT2D eigenvalue weighted by Crippen LogP contribution is -2.31. The maximum absolute atomic E-state index is 11.9. The second kappa shape index (κ2) is 5.68. The number of amides is 1. The summed E-state index contributed by atoms with van der Waals surface area (Å²) in [5.41, 5.74) is 1.23. The monoisotopic (exact) mass is 328 g/mol. The summed E-state index contributed by atoms with van der Waals surface area (Å²) < 4.78 is 1.08. The SMILES string of the molecule is CNC(=O)[C@H]1CN(C)CC1c1ccc(P)c(Br)c1. The highest BCUT2D eigenvalue weighted by molar-refractivity contribution is 9.10. The lowest BCUT2D eigenvalue weighted by Gasteiger charge is -2.18. The number of nitrogens with one attached hydrogen (secondary N) is 1. The summed E-state index contributed by atoms with van der Waals surface area (Å²) in [6.07, 6.45) is 0. The van der Waals surface area contributed by atoms with Crippen molar-refractivity contribution in [1.82, 2.24) is 10.2 Å². The van der Waals surface area contributed by atoms with Crippen molar-refractivity contribution in [3.8, 4) is 0 Å². The molecule has 1 heterocycles. The summed E-state index contributed by atoms with van der Waals surface area (Å²) >= 11 is 3.55. The Labute approximate surface area is 119 Å². The van der Waals surface area contributed by atoms with Gasteiger partial charge in [-0.3, -0.25) is 4.79 Å². The number of carbonyl (C=O) groups excluding carboxylic acids is 1. The van der Waals surface area contributed by atoms with Crippen LogP contribution in [0.1, 0.15) is 11.5 Å². The molecule has 3 nitrogen and oxygen atoms in total. The summed E-state index contributed by atoms with van der Waals surface area (Å²) in [6.45, 7) is 1.76. The van der Waals surface area contributed by atoms with E-state index >= 15 is 0 Å². The Hall–Kier alpha value is -0.440. The molecule has 0 bridgehead atoms. The maximum atomic E-state index is 11.9. The first kappa shape index (κ1) is 14.0. The average Bonchev–Trinajstić information content (AvgIpc) is 2.74. The fraction of sp³-hybridized carbons (Fsp3) is 0.462. The first-order valence-electron chi connectivity index (χ1n) is 5.98. The molecule has 3 atom stereocenters. The number of halogens is 1. The molecule has 2 unspecified atom stereocenters. The molecule has 1 amide bonds. The van der Waals surface area contributed by atoms with Crippen molar-refractivity contribution >= 4 is 36.4 Å². The lowest BCUT2D eigenvalue weighted by molar-refractivity contribution is -0.124. The van der Waals surface area contributed by atoms with E-state index in [4.69, 9.17) is 0 Å². The van der Waals surface area contributed by atoms with Gasteiger partial charge in [-0.25, -0.2) is 0 Å². The normalized spacial score (nSPS) is 24.2. The molecule has 0 spiro atoms. The second-order valence-electron chi connectivity index (χ2n) is 4.83. The molecule has 1 aliphatic heterocycles. The number of hydrogen-bond donors (Lipinski definition) is 1. The van der Waals surface area contributed by atoms with E-state index in [1.165, 1.54) is 5.56 Å². The van der Waals surface area contributed by atoms with Crippen molar-refractivity contribution in [3.05, 3.63) is 28.2 Å². The van der Waals surface area contributed by atoms with Crippen LogP contribution in [-0.2, 0) is 4.79 Å². The standard InChI is InChI=1S/C13H18BrN2OP/c1-15-13(17)10-7-16(2)6-9(10)8-3-4-12(18)11(14)5-8/h3-5,9-10H,6-7,18H2,1-2H3,(H,15,17)/t9?,10-/m0/s1. The van der Waals surface area contributed by atoms with Gasteiger partial charge in [0.05, 0.1) is 5.92 Å². The fourth-order valence-corrected chi connectivity index (χ4v) is 3.14. The van der Waals surface area contributed by atoms with E-state index in [0.29, 0.717) is 0 Å². The Morgan fingerprint density at radius 2 is 2.22 bits per heavy atom. The molecule has 18 heavy (non-hydrogen) atoms. The second-order valence-corrected chi connectivity index (χ2v) is 6.31. The molecule has 0 aromatic heterocycles. The fourth-order valence-electron chi connectivity index (χ4n) is 2.56. The van der Waals surface area contributed by atoms with Gasteiger partial charge in [0.25, 0.3) is 0 Å². The third-order valence-corrected chi connectivity index (χ3v) is 5.15. The first-order chi connectivity index (χ1) is 8.52. The van der Waals surface area contributed by atoms with Crippen molar-refractivity contribution in [1.29, 1.82) is 0 Å². The third kappa shape index (κ3) is 2.76. The number of carbonyl (C=O) groups is 1. The van der Waals surface area contributed by atoms with Gasteiger partial charge in [0.1, 0.15) is 0 Å². The topological polar surface area (TPSA) is 32.3 Å². The average molecular weight is 329 g/mol. The first-order valence-corrected chi connectivity index (χ1v) is 7.35. The summed E-state index contributed by atoms with van der Waals surface area (Å²) in [5, 5.41) is 3.91. The van der Waals surface area contributed by atoms with E-state index in [0.717, 1.165) is 22.9 Å². The van der Waals surface area contributed by atoms with Crippen LogP contribution in [0.2, 0.25) is 0 Å². The number of likely N-dealkylation sites (N-methyl/N-ethyl adjacent to an activating group) is 1. The highest BCUT2D eigenvalue weighted by Gasteiger charge is 2.36. The van der Waals surface area contributed by atoms with Crippen LogP contribution in [0, 0.1) is 5.92 Å². The molecule has 2 rings (SSSR count). The molecule has 5 heteroatoms. The minimum atomic E-state index is 0.0438. The Bertz CT molecular complexity index is 466. The van der Waals surface area contributed by atoms with Crippen LogP contribution in [0.5, 0.6) is 0 Å². The minimum Gasteiger partial charge on any atom is -0.359 e. The van der Waals surface area contributed by atoms with Gasteiger partial charge in [-0.15, -0.1) is 9.24 Å². The van der Waals surface area contributed by atoms with Crippen LogP contribution in [0.3, 0.4) is 0 Å². The molecule has 1 aromatic rings. The summed E-state index contributed by atoms with van der Waals surface area (Å²) in [5.74, 6) is 0.453. The van der Waals surface area contributed by atoms with Crippen molar-refractivity contribution in [3.63, 3.8) is 0 Å². The molecule has 1 fully saturated rings. The zero-order valence-corrected chi connectivity index (χ0v) is 13.4. The van der Waals surface area contributed by atoms with Gasteiger partial charge in [-0.2, -0.15) is 0 Å². The van der Waals surface area contributed by atoms with Gasteiger partial charge in [-0.1, -0.05) is 28.1 Å². The minimum absolute atomic E-state index is 0.0438. The van der Waals surface area contributed by atoms with Gasteiger partial charge < -0.3 is 10.2 Å². The Kier molecular flexibility index (Phi) is 4.41. The van der Waals surface area contributed by atoms with Crippen molar-refractivity contribution in [2.24, 2.45) is 5.92 Å². The Morgan fingerprint density at radius 3 is 2.83 bits per heavy atom. The zero-order chi connectivity index (χ0) is 13.3. The molecule has 1 aliphatic rings. The number of hydrogen-bond acceptors (Lipinski definition) is 2. The Balaban J connectivity index is 2.29. The third-order valence-electron chi connectivity index (χ3n) is 3.54. The molecule has 1 N–H and O–H groups in total. The molecule has 0 saturated carbocycles. The van der Waals surface area contributed by atoms with E-state index in [-0.39, 0.29) is 17.7 Å². The summed E-state index contributed by atoms with van der Waals surface area (Å²) in [7, 11) is 6.47. The maximum Gasteiger partial charge on any atom is 0.224 e. The quantitative estimate of drug-likeness (QED) is 0.831. The summed E-state index contributed by atoms with van der Waals surface area (Å²) in [6, 6.07) is 6.32. The van der Waals surface area contributed by atoms with E-state index in [9.17, 15) is 4.79 Å². The van der Waals surface area contributed by atoms with E-state index in [2.05, 4.69) is 60.6 Å². The van der Waals surface area contributed by atoms with Crippen LogP contribution in [0.25, 0.3) is 0 Å². The van der Waals surface area contributed by atoms with Crippen molar-refractivity contribution < 1.29 is 4.79 Å². The molecule has 0 aliphatic carbocycles. The van der Waals surface area contributed by atoms with Crippen LogP contribution >= 0.6 is 25.2 Å². The van der Waals surface area contributed by atoms with Crippen LogP contribution < -0.4 is 10.6 Å². The highest BCUT2D eigenvalue weighted by Crippen LogP contribution is 2.33. The predicted molar refractivity (Wildman–Crippen MR) is 81.3 cm³/mol. The molecular weight excluding hydrogens is 311 g/mol. The van der Waals surface area contributed by atoms with Crippen LogP contribution in [-0.4, -0.2) is 38.0 Å². The number of likely N-dealkylation sites (tertiary alicyclic amines) is 1. The molecule has 98 valence electrons. The molecular formula is C13H18BrN2OP. The number of nitrogens with zero attached hydrogens (tertiary/aromatic N) is 1. The van der Waals surface area contributed by atoms with Crippen LogP contribution in [0.4, 0.5) is 0 Å². The van der Waals surface area contributed by atoms with Gasteiger partial charge in [0.2, 0.25) is 5.91 Å². The largest absolute Gasteiger partial charge is 0.359 e. The highest BCUT2D eigenvalue weighted by atomic mass is 79.9. The van der Waals surface area contributed by atoms with Gasteiger partial charge in [0, 0.05) is 30.5 Å². The van der Waals surface area contributed by atoms with Crippen LogP contribution in [0.15, 0.2) is 22.7 Å². The van der Waals surface area contributed by atoms with Crippen molar-refractivity contribution in [2.45, 2.75) is 5.92 Å². The van der Waals surface area contributed by atoms with Gasteiger partial charge in [-0.05, 0) is 24.0 Å². The number of benzene rings is 1. The zero-order valence-electron chi connectivity index (χ0n) is 10.6. The van der Waals surface area contributed by atoms with E-state index < -0.39 is 0 Å². The molecule has 0 radical (unpaired) electrons. The van der Waals surface area contributed by atoms with Crippen molar-refractivity contribution in [2.75, 3.05) is 27.2 Å². The van der Waals surface area contributed by atoms with Gasteiger partial charge in [0.15, 0.2) is 0 Å². The van der Waals surface area contributed by atoms with E-state index in [1.54, 1.807) is 7.05 Å².